The maximum Gasteiger partial charge on any atom is 0.417 e. The van der Waals surface area contributed by atoms with E-state index in [1.807, 2.05) is 45.0 Å². The number of fused-ring (bicyclic) bond motifs is 5. The van der Waals surface area contributed by atoms with Crippen molar-refractivity contribution in [1.82, 2.24) is 14.5 Å². The Labute approximate surface area is 145 Å². The Morgan fingerprint density at radius 1 is 1.28 bits per heavy atom. The molecular formula is C18H21N5O2. The Bertz CT molecular complexity index is 1000. The van der Waals surface area contributed by atoms with E-state index in [2.05, 4.69) is 21.5 Å². The number of pyridine rings is 1. The van der Waals surface area contributed by atoms with Gasteiger partial charge in [0.25, 0.3) is 0 Å². The SMILES string of the molecule is C[C@H]1CN(C(=O)OC(C)(C)C)c2nc3c(N)nc4ccccc4c3n21. The fourth-order valence-electron chi connectivity index (χ4n) is 3.32. The van der Waals surface area contributed by atoms with Gasteiger partial charge in [-0.25, -0.2) is 19.7 Å². The maximum atomic E-state index is 12.6. The Kier molecular flexibility index (Phi) is 3.19. The zero-order valence-electron chi connectivity index (χ0n) is 14.8. The zero-order valence-corrected chi connectivity index (χ0v) is 14.8. The molecule has 0 saturated heterocycles. The van der Waals surface area contributed by atoms with Gasteiger partial charge >= 0.3 is 6.09 Å². The summed E-state index contributed by atoms with van der Waals surface area (Å²) in [4.78, 5) is 23.2. The van der Waals surface area contributed by atoms with Gasteiger partial charge in [-0.3, -0.25) is 0 Å². The van der Waals surface area contributed by atoms with Gasteiger partial charge in [0.15, 0.2) is 5.82 Å². The van der Waals surface area contributed by atoms with E-state index in [-0.39, 0.29) is 6.04 Å². The minimum absolute atomic E-state index is 0.0673. The molecule has 1 aromatic carbocycles. The van der Waals surface area contributed by atoms with Crippen LogP contribution in [0, 0.1) is 0 Å². The smallest absolute Gasteiger partial charge is 0.417 e. The second kappa shape index (κ2) is 5.08. The normalized spacial score (nSPS) is 17.3. The number of imidazole rings is 1. The Balaban J connectivity index is 1.93. The number of aromatic nitrogens is 3. The fourth-order valence-corrected chi connectivity index (χ4v) is 3.32. The van der Waals surface area contributed by atoms with Crippen LogP contribution in [0.4, 0.5) is 16.6 Å². The number of amides is 1. The van der Waals surface area contributed by atoms with Crippen molar-refractivity contribution in [2.75, 3.05) is 17.2 Å². The minimum Gasteiger partial charge on any atom is -0.443 e. The van der Waals surface area contributed by atoms with Crippen LogP contribution in [0.25, 0.3) is 21.9 Å². The summed E-state index contributed by atoms with van der Waals surface area (Å²) in [5.74, 6) is 0.925. The molecule has 0 radical (unpaired) electrons. The van der Waals surface area contributed by atoms with Crippen molar-refractivity contribution in [2.45, 2.75) is 39.3 Å². The topological polar surface area (TPSA) is 86.3 Å². The molecule has 0 spiro atoms. The van der Waals surface area contributed by atoms with Crippen molar-refractivity contribution in [3.05, 3.63) is 24.3 Å². The van der Waals surface area contributed by atoms with Gasteiger partial charge in [0.2, 0.25) is 5.95 Å². The molecule has 7 heteroatoms. The van der Waals surface area contributed by atoms with Crippen molar-refractivity contribution < 1.29 is 9.53 Å². The number of hydrogen-bond acceptors (Lipinski definition) is 5. The average Bonchev–Trinajstić information content (AvgIpc) is 3.05. The van der Waals surface area contributed by atoms with Crippen molar-refractivity contribution in [1.29, 1.82) is 0 Å². The summed E-state index contributed by atoms with van der Waals surface area (Å²) < 4.78 is 7.58. The first-order chi connectivity index (χ1) is 11.8. The highest BCUT2D eigenvalue weighted by Gasteiger charge is 2.36. The van der Waals surface area contributed by atoms with Crippen LogP contribution in [0.2, 0.25) is 0 Å². The number of nitrogens with two attached hydrogens (primary N) is 1. The van der Waals surface area contributed by atoms with Gasteiger partial charge in [0.1, 0.15) is 11.1 Å². The van der Waals surface area contributed by atoms with E-state index in [9.17, 15) is 4.79 Å². The highest BCUT2D eigenvalue weighted by Crippen LogP contribution is 2.38. The summed E-state index contributed by atoms with van der Waals surface area (Å²) >= 11 is 0. The molecule has 130 valence electrons. The van der Waals surface area contributed by atoms with E-state index in [0.717, 1.165) is 16.4 Å². The van der Waals surface area contributed by atoms with Crippen LogP contribution in [0.3, 0.4) is 0 Å². The van der Waals surface area contributed by atoms with Crippen molar-refractivity contribution in [3.8, 4) is 0 Å². The Hall–Kier alpha value is -2.83. The van der Waals surface area contributed by atoms with E-state index in [1.54, 1.807) is 4.90 Å². The van der Waals surface area contributed by atoms with E-state index in [1.165, 1.54) is 0 Å². The molecule has 0 saturated carbocycles. The predicted molar refractivity (Wildman–Crippen MR) is 97.7 cm³/mol. The van der Waals surface area contributed by atoms with Gasteiger partial charge in [0, 0.05) is 5.39 Å². The molecule has 1 aliphatic heterocycles. The molecule has 3 heterocycles. The van der Waals surface area contributed by atoms with Crippen LogP contribution in [0.1, 0.15) is 33.7 Å². The molecule has 4 rings (SSSR count). The zero-order chi connectivity index (χ0) is 17.9. The summed E-state index contributed by atoms with van der Waals surface area (Å²) in [5.41, 5.74) is 7.92. The first kappa shape index (κ1) is 15.7. The Morgan fingerprint density at radius 2 is 2.00 bits per heavy atom. The predicted octanol–water partition coefficient (Wildman–Crippen LogP) is 3.48. The maximum absolute atomic E-state index is 12.6. The number of benzene rings is 1. The van der Waals surface area contributed by atoms with Crippen LogP contribution in [0.15, 0.2) is 24.3 Å². The molecule has 0 unspecified atom stereocenters. The lowest BCUT2D eigenvalue weighted by molar-refractivity contribution is 0.0581. The van der Waals surface area contributed by atoms with Crippen LogP contribution in [0.5, 0.6) is 0 Å². The van der Waals surface area contributed by atoms with Gasteiger partial charge in [0.05, 0.1) is 23.6 Å². The fraction of sp³-hybridized carbons (Fsp3) is 0.389. The third kappa shape index (κ3) is 2.38. The number of rotatable bonds is 0. The number of carbonyl (C=O) groups is 1. The average molecular weight is 339 g/mol. The number of ether oxygens (including phenoxy) is 1. The van der Waals surface area contributed by atoms with Gasteiger partial charge in [-0.1, -0.05) is 18.2 Å². The summed E-state index contributed by atoms with van der Waals surface area (Å²) in [6.07, 6.45) is -0.399. The number of para-hydroxylation sites is 1. The standard InChI is InChI=1S/C18H21N5O2/c1-10-9-22(17(24)25-18(2,3)4)16-21-13-14(23(10)16)11-7-5-6-8-12(11)20-15(13)19/h5-8,10H,9H2,1-4H3,(H2,19,20)/t10-/m0/s1. The number of hydrogen-bond donors (Lipinski definition) is 1. The molecule has 25 heavy (non-hydrogen) atoms. The third-order valence-corrected chi connectivity index (χ3v) is 4.28. The van der Waals surface area contributed by atoms with E-state index in [4.69, 9.17) is 10.5 Å². The van der Waals surface area contributed by atoms with Crippen LogP contribution >= 0.6 is 0 Å². The molecule has 1 atom stereocenters. The number of nitrogens with zero attached hydrogens (tertiary/aromatic N) is 4. The molecule has 7 nitrogen and oxygen atoms in total. The second-order valence-corrected chi connectivity index (χ2v) is 7.43. The summed E-state index contributed by atoms with van der Waals surface area (Å²) in [6, 6.07) is 7.89. The molecule has 0 aliphatic carbocycles. The highest BCUT2D eigenvalue weighted by atomic mass is 16.6. The molecule has 2 N–H and O–H groups in total. The quantitative estimate of drug-likeness (QED) is 0.677. The van der Waals surface area contributed by atoms with E-state index in [0.29, 0.717) is 23.8 Å². The minimum atomic E-state index is -0.562. The molecule has 3 aromatic rings. The van der Waals surface area contributed by atoms with Gasteiger partial charge in [-0.05, 0) is 33.8 Å². The lowest BCUT2D eigenvalue weighted by Crippen LogP contribution is -2.36. The lowest BCUT2D eigenvalue weighted by atomic mass is 10.1. The number of anilines is 2. The van der Waals surface area contributed by atoms with Gasteiger partial charge in [-0.2, -0.15) is 0 Å². The second-order valence-electron chi connectivity index (χ2n) is 7.43. The molecule has 1 aliphatic rings. The van der Waals surface area contributed by atoms with Gasteiger partial charge < -0.3 is 15.0 Å². The van der Waals surface area contributed by atoms with Crippen molar-refractivity contribution in [2.24, 2.45) is 0 Å². The molecule has 1 amide bonds. The molecule has 2 aromatic heterocycles. The van der Waals surface area contributed by atoms with Crippen molar-refractivity contribution in [3.63, 3.8) is 0 Å². The van der Waals surface area contributed by atoms with Crippen LogP contribution in [-0.2, 0) is 4.74 Å². The molecular weight excluding hydrogens is 318 g/mol. The highest BCUT2D eigenvalue weighted by molar-refractivity contribution is 6.08. The molecule has 0 bridgehead atoms. The summed E-state index contributed by atoms with van der Waals surface area (Å²) in [7, 11) is 0. The monoisotopic (exact) mass is 339 g/mol. The summed E-state index contributed by atoms with van der Waals surface area (Å²) in [5, 5.41) is 0.975. The van der Waals surface area contributed by atoms with Crippen molar-refractivity contribution >= 4 is 39.8 Å². The number of nitrogen functional groups attached to an aromatic ring is 1. The van der Waals surface area contributed by atoms with Gasteiger partial charge in [-0.15, -0.1) is 0 Å². The first-order valence-electron chi connectivity index (χ1n) is 8.33. The third-order valence-electron chi connectivity index (χ3n) is 4.28. The van der Waals surface area contributed by atoms with Crippen LogP contribution < -0.4 is 10.6 Å². The Morgan fingerprint density at radius 3 is 2.72 bits per heavy atom. The largest absolute Gasteiger partial charge is 0.443 e. The summed E-state index contributed by atoms with van der Waals surface area (Å²) in [6.45, 7) is 8.12. The number of carbonyl (C=O) groups excluding carboxylic acids is 1. The van der Waals surface area contributed by atoms with Crippen LogP contribution in [-0.4, -0.2) is 32.8 Å². The molecule has 0 fully saturated rings. The van der Waals surface area contributed by atoms with E-state index >= 15 is 0 Å². The first-order valence-corrected chi connectivity index (χ1v) is 8.33. The lowest BCUT2D eigenvalue weighted by Gasteiger charge is -2.23. The van der Waals surface area contributed by atoms with E-state index < -0.39 is 11.7 Å².